The number of nitrogens with zero attached hydrogens (tertiary/aromatic N) is 4. The first-order valence-corrected chi connectivity index (χ1v) is 10.3. The zero-order valence-corrected chi connectivity index (χ0v) is 17.5. The van der Waals surface area contributed by atoms with E-state index in [4.69, 9.17) is 9.47 Å². The Labute approximate surface area is 172 Å². The molecule has 7 nitrogen and oxygen atoms in total. The fourth-order valence-electron chi connectivity index (χ4n) is 4.38. The molecule has 2 aliphatic rings. The Morgan fingerprint density at radius 3 is 2.69 bits per heavy atom. The smallest absolute Gasteiger partial charge is 0.151 e. The van der Waals surface area contributed by atoms with Gasteiger partial charge in [0.25, 0.3) is 0 Å². The van der Waals surface area contributed by atoms with Crippen molar-refractivity contribution in [2.75, 3.05) is 57.4 Å². The summed E-state index contributed by atoms with van der Waals surface area (Å²) in [6.45, 7) is 12.4. The Hall–Kier alpha value is -2.22. The van der Waals surface area contributed by atoms with Gasteiger partial charge in [-0.1, -0.05) is 13.0 Å². The molecule has 0 radical (unpaired) electrons. The quantitative estimate of drug-likeness (QED) is 0.851. The van der Waals surface area contributed by atoms with Crippen molar-refractivity contribution < 1.29 is 14.6 Å². The van der Waals surface area contributed by atoms with Crippen LogP contribution in [0.5, 0.6) is 5.75 Å². The largest absolute Gasteiger partial charge is 0.507 e. The van der Waals surface area contributed by atoms with Gasteiger partial charge in [-0.15, -0.1) is 10.2 Å². The van der Waals surface area contributed by atoms with Crippen LogP contribution in [0.4, 0.5) is 5.82 Å². The number of hydrogen-bond donors (Lipinski definition) is 1. The summed E-state index contributed by atoms with van der Waals surface area (Å²) < 4.78 is 12.1. The molecule has 7 heteroatoms. The number of likely N-dealkylation sites (N-methyl/N-ethyl adjacent to an activating group) is 1. The van der Waals surface area contributed by atoms with Gasteiger partial charge in [0.2, 0.25) is 0 Å². The monoisotopic (exact) mass is 398 g/mol. The molecule has 0 amide bonds. The standard InChI is InChI=1S/C22H30N4O3/c1-4-25-7-10-29-22(13-25)14-26(8-9-28-15-22)20-6-5-18(23-24-20)21-17(3)11-16(2)12-19(21)27/h5-6,11-12,27H,4,7-10,13-15H2,1-3H3. The van der Waals surface area contributed by atoms with E-state index in [1.165, 1.54) is 0 Å². The fourth-order valence-corrected chi connectivity index (χ4v) is 4.38. The highest BCUT2D eigenvalue weighted by molar-refractivity contribution is 5.71. The van der Waals surface area contributed by atoms with E-state index in [-0.39, 0.29) is 11.4 Å². The van der Waals surface area contributed by atoms with Crippen LogP contribution in [-0.2, 0) is 9.47 Å². The topological polar surface area (TPSA) is 71.0 Å². The molecule has 1 aromatic carbocycles. The summed E-state index contributed by atoms with van der Waals surface area (Å²) >= 11 is 0. The van der Waals surface area contributed by atoms with Crippen molar-refractivity contribution in [3.05, 3.63) is 35.4 Å². The van der Waals surface area contributed by atoms with Gasteiger partial charge in [-0.2, -0.15) is 0 Å². The van der Waals surface area contributed by atoms with E-state index in [1.54, 1.807) is 6.07 Å². The maximum absolute atomic E-state index is 10.4. The summed E-state index contributed by atoms with van der Waals surface area (Å²) in [6.07, 6.45) is 0. The van der Waals surface area contributed by atoms with Crippen molar-refractivity contribution >= 4 is 5.82 Å². The first-order chi connectivity index (χ1) is 14.0. The van der Waals surface area contributed by atoms with Crippen LogP contribution in [0.2, 0.25) is 0 Å². The number of aromatic hydroxyl groups is 1. The molecular weight excluding hydrogens is 368 g/mol. The van der Waals surface area contributed by atoms with E-state index in [0.29, 0.717) is 18.9 Å². The van der Waals surface area contributed by atoms with Crippen molar-refractivity contribution in [3.63, 3.8) is 0 Å². The number of benzene rings is 1. The molecule has 1 unspecified atom stereocenters. The number of hydrogen-bond acceptors (Lipinski definition) is 7. The average molecular weight is 399 g/mol. The summed E-state index contributed by atoms with van der Waals surface area (Å²) in [5.41, 5.74) is 3.09. The highest BCUT2D eigenvalue weighted by Crippen LogP contribution is 2.33. The molecule has 0 saturated carbocycles. The lowest BCUT2D eigenvalue weighted by atomic mass is 10.0. The Balaban J connectivity index is 1.57. The highest BCUT2D eigenvalue weighted by atomic mass is 16.5. The van der Waals surface area contributed by atoms with Crippen molar-refractivity contribution in [3.8, 4) is 17.0 Å². The maximum Gasteiger partial charge on any atom is 0.151 e. The first kappa shape index (κ1) is 20.1. The van der Waals surface area contributed by atoms with Crippen LogP contribution in [0, 0.1) is 13.8 Å². The summed E-state index contributed by atoms with van der Waals surface area (Å²) in [6, 6.07) is 7.70. The number of aryl methyl sites for hydroxylation is 2. The molecular formula is C22H30N4O3. The normalized spacial score (nSPS) is 23.3. The van der Waals surface area contributed by atoms with Crippen molar-refractivity contribution in [1.29, 1.82) is 0 Å². The highest BCUT2D eigenvalue weighted by Gasteiger charge is 2.40. The Morgan fingerprint density at radius 2 is 1.97 bits per heavy atom. The molecule has 2 saturated heterocycles. The van der Waals surface area contributed by atoms with Crippen LogP contribution in [-0.4, -0.2) is 78.3 Å². The molecule has 1 N–H and O–H groups in total. The minimum atomic E-state index is -0.336. The second kappa shape index (κ2) is 8.26. The van der Waals surface area contributed by atoms with Gasteiger partial charge in [0.05, 0.1) is 32.1 Å². The number of anilines is 1. The molecule has 0 aliphatic carbocycles. The predicted octanol–water partition coefficient (Wildman–Crippen LogP) is 2.39. The molecule has 2 fully saturated rings. The predicted molar refractivity (Wildman–Crippen MR) is 112 cm³/mol. The Morgan fingerprint density at radius 1 is 1.10 bits per heavy atom. The van der Waals surface area contributed by atoms with E-state index < -0.39 is 0 Å². The van der Waals surface area contributed by atoms with Gasteiger partial charge in [-0.25, -0.2) is 0 Å². The molecule has 1 atom stereocenters. The number of aromatic nitrogens is 2. The maximum atomic E-state index is 10.4. The molecule has 4 rings (SSSR count). The van der Waals surface area contributed by atoms with Crippen LogP contribution in [0.15, 0.2) is 24.3 Å². The van der Waals surface area contributed by atoms with Gasteiger partial charge in [0.1, 0.15) is 11.4 Å². The molecule has 2 aliphatic heterocycles. The van der Waals surface area contributed by atoms with Gasteiger partial charge in [0, 0.05) is 25.2 Å². The van der Waals surface area contributed by atoms with Crippen LogP contribution in [0.1, 0.15) is 18.1 Å². The number of phenols is 1. The molecule has 1 spiro atoms. The first-order valence-electron chi connectivity index (χ1n) is 10.3. The molecule has 0 bridgehead atoms. The average Bonchev–Trinajstić information content (AvgIpc) is 2.90. The Kier molecular flexibility index (Phi) is 5.72. The molecule has 2 aromatic rings. The zero-order chi connectivity index (χ0) is 20.4. The van der Waals surface area contributed by atoms with Gasteiger partial charge in [-0.3, -0.25) is 4.90 Å². The van der Waals surface area contributed by atoms with Crippen LogP contribution in [0.3, 0.4) is 0 Å². The fraction of sp³-hybridized carbons (Fsp3) is 0.545. The van der Waals surface area contributed by atoms with Gasteiger partial charge in [0.15, 0.2) is 5.82 Å². The lowest BCUT2D eigenvalue weighted by Crippen LogP contribution is -2.58. The van der Waals surface area contributed by atoms with E-state index >= 15 is 0 Å². The van der Waals surface area contributed by atoms with Crippen molar-refractivity contribution in [2.24, 2.45) is 0 Å². The molecule has 3 heterocycles. The van der Waals surface area contributed by atoms with Gasteiger partial charge in [-0.05, 0) is 49.7 Å². The second-order valence-corrected chi connectivity index (χ2v) is 8.13. The van der Waals surface area contributed by atoms with E-state index in [1.807, 2.05) is 32.0 Å². The van der Waals surface area contributed by atoms with Crippen molar-refractivity contribution in [2.45, 2.75) is 26.4 Å². The summed E-state index contributed by atoms with van der Waals surface area (Å²) in [5.74, 6) is 1.04. The zero-order valence-electron chi connectivity index (χ0n) is 17.5. The van der Waals surface area contributed by atoms with Gasteiger partial charge >= 0.3 is 0 Å². The third-order valence-corrected chi connectivity index (χ3v) is 5.81. The van der Waals surface area contributed by atoms with Crippen LogP contribution < -0.4 is 4.90 Å². The molecule has 29 heavy (non-hydrogen) atoms. The van der Waals surface area contributed by atoms with E-state index in [9.17, 15) is 5.11 Å². The third kappa shape index (κ3) is 4.22. The summed E-state index contributed by atoms with van der Waals surface area (Å²) in [5, 5.41) is 19.3. The minimum absolute atomic E-state index is 0.238. The lowest BCUT2D eigenvalue weighted by Gasteiger charge is -2.43. The number of morpholine rings is 1. The molecule has 1 aromatic heterocycles. The van der Waals surface area contributed by atoms with Gasteiger partial charge < -0.3 is 19.5 Å². The SMILES string of the molecule is CCN1CCOC2(COCCN(c3ccc(-c4c(C)cc(C)cc4O)nn3)C2)C1. The van der Waals surface area contributed by atoms with Crippen LogP contribution >= 0.6 is 0 Å². The number of rotatable bonds is 3. The van der Waals surface area contributed by atoms with E-state index in [2.05, 4.69) is 26.9 Å². The summed E-state index contributed by atoms with van der Waals surface area (Å²) in [7, 11) is 0. The number of phenolic OH excluding ortho intramolecular Hbond substituents is 1. The lowest BCUT2D eigenvalue weighted by molar-refractivity contribution is -0.131. The van der Waals surface area contributed by atoms with Crippen LogP contribution in [0.25, 0.3) is 11.3 Å². The minimum Gasteiger partial charge on any atom is -0.507 e. The third-order valence-electron chi connectivity index (χ3n) is 5.81. The van der Waals surface area contributed by atoms with E-state index in [0.717, 1.165) is 61.8 Å². The second-order valence-electron chi connectivity index (χ2n) is 8.13. The number of ether oxygens (including phenoxy) is 2. The van der Waals surface area contributed by atoms with Crippen molar-refractivity contribution in [1.82, 2.24) is 15.1 Å². The Bertz CT molecular complexity index is 835. The summed E-state index contributed by atoms with van der Waals surface area (Å²) in [4.78, 5) is 4.61. The molecule has 156 valence electrons.